The van der Waals surface area contributed by atoms with Gasteiger partial charge in [0.25, 0.3) is 0 Å². The molecule has 0 aliphatic heterocycles. The van der Waals surface area contributed by atoms with Gasteiger partial charge in [0.05, 0.1) is 0 Å². The van der Waals surface area contributed by atoms with Crippen molar-refractivity contribution in [3.05, 3.63) is 70.1 Å². The molecule has 1 heterocycles. The van der Waals surface area contributed by atoms with Crippen molar-refractivity contribution in [2.45, 2.75) is 0 Å². The molecule has 3 rings (SSSR count). The highest BCUT2D eigenvalue weighted by Gasteiger charge is 2.20. The van der Waals surface area contributed by atoms with Crippen molar-refractivity contribution in [2.24, 2.45) is 0 Å². The molecule has 3 aromatic rings. The molecule has 0 saturated carbocycles. The standard InChI is InChI=1S/C15H7F3O2/c16-9-6-7-10-11(12(9)17)14(19)13(18)15(20-10)8-4-2-1-3-5-8/h1-7H. The summed E-state index contributed by atoms with van der Waals surface area (Å²) in [7, 11) is 0. The largest absolute Gasteiger partial charge is 0.453 e. The predicted molar refractivity (Wildman–Crippen MR) is 67.8 cm³/mol. The Morgan fingerprint density at radius 1 is 0.850 bits per heavy atom. The summed E-state index contributed by atoms with van der Waals surface area (Å²) >= 11 is 0. The maximum Gasteiger partial charge on any atom is 0.232 e. The van der Waals surface area contributed by atoms with E-state index in [1.807, 2.05) is 0 Å². The summed E-state index contributed by atoms with van der Waals surface area (Å²) in [6, 6.07) is 10.0. The van der Waals surface area contributed by atoms with Gasteiger partial charge in [0.2, 0.25) is 11.2 Å². The van der Waals surface area contributed by atoms with Gasteiger partial charge in [-0.1, -0.05) is 30.3 Å². The zero-order valence-electron chi connectivity index (χ0n) is 9.99. The Hall–Kier alpha value is -2.56. The maximum atomic E-state index is 14.0. The predicted octanol–water partition coefficient (Wildman–Crippen LogP) is 3.88. The first kappa shape index (κ1) is 12.5. The van der Waals surface area contributed by atoms with Gasteiger partial charge in [-0.15, -0.1) is 0 Å². The molecule has 0 aliphatic rings. The van der Waals surface area contributed by atoms with Crippen molar-refractivity contribution >= 4 is 11.0 Å². The fourth-order valence-corrected chi connectivity index (χ4v) is 1.97. The van der Waals surface area contributed by atoms with Gasteiger partial charge >= 0.3 is 0 Å². The molecule has 2 nitrogen and oxygen atoms in total. The Bertz CT molecular complexity index is 854. The summed E-state index contributed by atoms with van der Waals surface area (Å²) in [6.45, 7) is 0. The Kier molecular flexibility index (Phi) is 2.82. The third kappa shape index (κ3) is 1.79. The minimum Gasteiger partial charge on any atom is -0.453 e. The second-order valence-electron chi connectivity index (χ2n) is 4.17. The van der Waals surface area contributed by atoms with Crippen LogP contribution in [-0.2, 0) is 0 Å². The third-order valence-electron chi connectivity index (χ3n) is 2.93. The Labute approximate surface area is 111 Å². The highest BCUT2D eigenvalue weighted by molar-refractivity contribution is 5.79. The molecule has 0 fully saturated rings. The van der Waals surface area contributed by atoms with Gasteiger partial charge in [-0.3, -0.25) is 4.79 Å². The van der Waals surface area contributed by atoms with E-state index in [1.54, 1.807) is 30.3 Å². The summed E-state index contributed by atoms with van der Waals surface area (Å²) in [6.07, 6.45) is 0. The van der Waals surface area contributed by atoms with E-state index < -0.39 is 28.3 Å². The van der Waals surface area contributed by atoms with Crippen LogP contribution in [0.15, 0.2) is 51.7 Å². The van der Waals surface area contributed by atoms with Crippen LogP contribution in [0, 0.1) is 17.5 Å². The molecule has 0 spiro atoms. The summed E-state index contributed by atoms with van der Waals surface area (Å²) in [5.74, 6) is -4.17. The Balaban J connectivity index is 2.42. The van der Waals surface area contributed by atoms with Crippen molar-refractivity contribution in [2.75, 3.05) is 0 Å². The average Bonchev–Trinajstić information content (AvgIpc) is 2.47. The van der Waals surface area contributed by atoms with Crippen LogP contribution in [-0.4, -0.2) is 0 Å². The van der Waals surface area contributed by atoms with Crippen molar-refractivity contribution in [1.82, 2.24) is 0 Å². The van der Waals surface area contributed by atoms with E-state index in [9.17, 15) is 18.0 Å². The number of hydrogen-bond acceptors (Lipinski definition) is 2. The van der Waals surface area contributed by atoms with Crippen LogP contribution in [0.2, 0.25) is 0 Å². The van der Waals surface area contributed by atoms with E-state index in [2.05, 4.69) is 0 Å². The molecule has 0 unspecified atom stereocenters. The van der Waals surface area contributed by atoms with Crippen LogP contribution in [0.3, 0.4) is 0 Å². The second kappa shape index (κ2) is 4.52. The number of hydrogen-bond donors (Lipinski definition) is 0. The lowest BCUT2D eigenvalue weighted by Crippen LogP contribution is -2.11. The summed E-state index contributed by atoms with van der Waals surface area (Å²) < 4.78 is 45.9. The number of halogens is 3. The first-order chi connectivity index (χ1) is 9.59. The van der Waals surface area contributed by atoms with E-state index in [-0.39, 0.29) is 11.3 Å². The first-order valence-electron chi connectivity index (χ1n) is 5.75. The van der Waals surface area contributed by atoms with Crippen LogP contribution in [0.1, 0.15) is 0 Å². The number of rotatable bonds is 1. The van der Waals surface area contributed by atoms with Gasteiger partial charge < -0.3 is 4.42 Å². The highest BCUT2D eigenvalue weighted by atomic mass is 19.2. The minimum atomic E-state index is -1.41. The average molecular weight is 276 g/mol. The third-order valence-corrected chi connectivity index (χ3v) is 2.93. The zero-order chi connectivity index (χ0) is 14.3. The molecule has 0 aliphatic carbocycles. The summed E-state index contributed by atoms with van der Waals surface area (Å²) in [5, 5.41) is -0.720. The lowest BCUT2D eigenvalue weighted by molar-refractivity contribution is 0.502. The van der Waals surface area contributed by atoms with E-state index in [4.69, 9.17) is 4.42 Å². The van der Waals surface area contributed by atoms with Gasteiger partial charge in [0, 0.05) is 5.56 Å². The second-order valence-corrected chi connectivity index (χ2v) is 4.17. The Morgan fingerprint density at radius 3 is 2.25 bits per heavy atom. The molecular weight excluding hydrogens is 269 g/mol. The van der Waals surface area contributed by atoms with Crippen LogP contribution >= 0.6 is 0 Å². The van der Waals surface area contributed by atoms with Crippen LogP contribution in [0.4, 0.5) is 13.2 Å². The van der Waals surface area contributed by atoms with Crippen LogP contribution in [0.5, 0.6) is 0 Å². The van der Waals surface area contributed by atoms with Crippen molar-refractivity contribution in [3.63, 3.8) is 0 Å². The fraction of sp³-hybridized carbons (Fsp3) is 0. The lowest BCUT2D eigenvalue weighted by atomic mass is 10.1. The first-order valence-corrected chi connectivity index (χ1v) is 5.75. The molecule has 0 bridgehead atoms. The molecule has 0 amide bonds. The molecule has 2 aromatic carbocycles. The molecule has 5 heteroatoms. The number of fused-ring (bicyclic) bond motifs is 1. The molecular formula is C15H7F3O2. The molecule has 0 saturated heterocycles. The lowest BCUT2D eigenvalue weighted by Gasteiger charge is -2.05. The van der Waals surface area contributed by atoms with Crippen molar-refractivity contribution in [3.8, 4) is 11.3 Å². The van der Waals surface area contributed by atoms with E-state index >= 15 is 0 Å². The highest BCUT2D eigenvalue weighted by Crippen LogP contribution is 2.26. The van der Waals surface area contributed by atoms with Crippen LogP contribution < -0.4 is 5.43 Å². The van der Waals surface area contributed by atoms with Gasteiger partial charge in [-0.05, 0) is 12.1 Å². The van der Waals surface area contributed by atoms with Gasteiger partial charge in [0.15, 0.2) is 17.4 Å². The van der Waals surface area contributed by atoms with Gasteiger partial charge in [-0.2, -0.15) is 4.39 Å². The SMILES string of the molecule is O=c1c(F)c(-c2ccccc2)oc2ccc(F)c(F)c12. The Morgan fingerprint density at radius 2 is 1.55 bits per heavy atom. The van der Waals surface area contributed by atoms with Crippen molar-refractivity contribution < 1.29 is 17.6 Å². The summed E-state index contributed by atoms with van der Waals surface area (Å²) in [4.78, 5) is 11.9. The molecule has 20 heavy (non-hydrogen) atoms. The molecule has 100 valence electrons. The zero-order valence-corrected chi connectivity index (χ0v) is 9.99. The maximum absolute atomic E-state index is 14.0. The molecule has 0 atom stereocenters. The quantitative estimate of drug-likeness (QED) is 0.675. The molecule has 0 radical (unpaired) electrons. The van der Waals surface area contributed by atoms with Gasteiger partial charge in [-0.25, -0.2) is 8.78 Å². The van der Waals surface area contributed by atoms with Gasteiger partial charge in [0.1, 0.15) is 11.0 Å². The molecule has 1 aromatic heterocycles. The fourth-order valence-electron chi connectivity index (χ4n) is 1.97. The summed E-state index contributed by atoms with van der Waals surface area (Å²) in [5.41, 5.74) is -1.08. The molecule has 0 N–H and O–H groups in total. The normalized spacial score (nSPS) is 10.9. The smallest absolute Gasteiger partial charge is 0.232 e. The topological polar surface area (TPSA) is 30.2 Å². The van der Waals surface area contributed by atoms with Crippen LogP contribution in [0.25, 0.3) is 22.3 Å². The van der Waals surface area contributed by atoms with E-state index in [0.717, 1.165) is 12.1 Å². The van der Waals surface area contributed by atoms with Crippen molar-refractivity contribution in [1.29, 1.82) is 0 Å². The monoisotopic (exact) mass is 276 g/mol. The minimum absolute atomic E-state index is 0.200. The number of benzene rings is 2. The van der Waals surface area contributed by atoms with E-state index in [0.29, 0.717) is 5.56 Å². The van der Waals surface area contributed by atoms with E-state index in [1.165, 1.54) is 0 Å².